The molecular formula is C9H16O2. The van der Waals surface area contributed by atoms with Gasteiger partial charge in [0.1, 0.15) is 0 Å². The molecular weight excluding hydrogens is 140 g/mol. The molecule has 0 unspecified atom stereocenters. The van der Waals surface area contributed by atoms with Crippen LogP contribution in [-0.4, -0.2) is 23.9 Å². The van der Waals surface area contributed by atoms with Gasteiger partial charge in [0, 0.05) is 6.58 Å². The molecule has 1 N–H and O–H groups in total. The van der Waals surface area contributed by atoms with Gasteiger partial charge in [-0.05, 0) is 18.8 Å². The van der Waals surface area contributed by atoms with Crippen LogP contribution in [0.1, 0.15) is 21.1 Å². The van der Waals surface area contributed by atoms with Crippen molar-refractivity contribution in [2.75, 3.05) is 6.58 Å². The Balaban J connectivity index is 2.45. The van der Waals surface area contributed by atoms with E-state index in [1.807, 2.05) is 6.92 Å². The lowest BCUT2D eigenvalue weighted by molar-refractivity contribution is -0.0144. The first-order valence-electron chi connectivity index (χ1n) is 4.59. The molecule has 1 saturated heterocycles. The van der Waals surface area contributed by atoms with Crippen molar-refractivity contribution in [2.45, 2.75) is 32.0 Å². The molecule has 2 heteroatoms. The second-order valence-electron chi connectivity index (χ2n) is 3.07. The van der Waals surface area contributed by atoms with Gasteiger partial charge in [0.2, 0.25) is 0 Å². The predicted octanol–water partition coefficient (Wildman–Crippen LogP) is 1.35. The molecule has 1 aliphatic heterocycles. The highest BCUT2D eigenvalue weighted by atomic mass is 16.5. The molecule has 1 heterocycles. The minimum atomic E-state index is -0.493. The predicted molar refractivity (Wildman–Crippen MR) is 44.3 cm³/mol. The highest BCUT2D eigenvalue weighted by molar-refractivity contribution is 4.84. The number of aliphatic hydroxyl groups excluding tert-OH is 1. The van der Waals surface area contributed by atoms with E-state index >= 15 is 0 Å². The van der Waals surface area contributed by atoms with Gasteiger partial charge >= 0.3 is 0 Å². The summed E-state index contributed by atoms with van der Waals surface area (Å²) in [6, 6.07) is 0. The molecule has 0 amide bonds. The number of rotatable bonds is 3. The first-order chi connectivity index (χ1) is 5.65. The average Bonchev–Trinajstić information content (AvgIpc) is 2.30. The summed E-state index contributed by atoms with van der Waals surface area (Å²) in [5, 5.41) is 9.56. The number of hydrogen-bond acceptors (Lipinski definition) is 2. The van der Waals surface area contributed by atoms with Crippen LogP contribution in [0.2, 0.25) is 0 Å². The van der Waals surface area contributed by atoms with Crippen molar-refractivity contribution >= 4 is 0 Å². The summed E-state index contributed by atoms with van der Waals surface area (Å²) >= 11 is 0. The summed E-state index contributed by atoms with van der Waals surface area (Å²) in [4.78, 5) is 0. The van der Waals surface area contributed by atoms with Gasteiger partial charge in [0.15, 0.2) is 0 Å². The van der Waals surface area contributed by atoms with Gasteiger partial charge in [-0.1, -0.05) is 13.0 Å². The minimum Gasteiger partial charge on any atom is -0.390 e. The summed E-state index contributed by atoms with van der Waals surface area (Å²) in [5.74, 6) is 0.280. The van der Waals surface area contributed by atoms with Crippen molar-refractivity contribution in [1.82, 2.24) is 0 Å². The van der Waals surface area contributed by atoms with E-state index in [4.69, 9.17) is 6.11 Å². The van der Waals surface area contributed by atoms with Crippen LogP contribution in [0.25, 0.3) is 0 Å². The van der Waals surface area contributed by atoms with Crippen LogP contribution in [-0.2, 0) is 4.74 Å². The van der Waals surface area contributed by atoms with Gasteiger partial charge in [-0.3, -0.25) is 0 Å². The highest BCUT2D eigenvalue weighted by Crippen LogP contribution is 2.24. The maximum Gasteiger partial charge on any atom is 0.0863 e. The zero-order valence-electron chi connectivity index (χ0n) is 7.86. The number of ether oxygens (including phenoxy) is 1. The van der Waals surface area contributed by atoms with Crippen molar-refractivity contribution in [2.24, 2.45) is 5.92 Å². The summed E-state index contributed by atoms with van der Waals surface area (Å²) in [6.45, 7) is 5.10. The largest absolute Gasteiger partial charge is 0.390 e. The molecule has 2 nitrogen and oxygen atoms in total. The molecule has 0 saturated carbocycles. The van der Waals surface area contributed by atoms with Crippen molar-refractivity contribution in [3.8, 4) is 0 Å². The third-order valence-electron chi connectivity index (χ3n) is 2.07. The summed E-state index contributed by atoms with van der Waals surface area (Å²) < 4.78 is 12.6. The fourth-order valence-electron chi connectivity index (χ4n) is 1.36. The maximum absolute atomic E-state index is 9.56. The Morgan fingerprint density at radius 2 is 2.73 bits per heavy atom. The maximum atomic E-state index is 9.56. The Kier molecular flexibility index (Phi) is 2.58. The van der Waals surface area contributed by atoms with Crippen LogP contribution in [0.3, 0.4) is 0 Å². The Morgan fingerprint density at radius 1 is 2.00 bits per heavy atom. The van der Waals surface area contributed by atoms with E-state index in [1.165, 1.54) is 0 Å². The van der Waals surface area contributed by atoms with Gasteiger partial charge in [-0.15, -0.1) is 6.58 Å². The van der Waals surface area contributed by atoms with Gasteiger partial charge < -0.3 is 9.84 Å². The molecule has 0 aromatic heterocycles. The smallest absolute Gasteiger partial charge is 0.0863 e. The summed E-state index contributed by atoms with van der Waals surface area (Å²) in [5.41, 5.74) is 0. The topological polar surface area (TPSA) is 29.5 Å². The van der Waals surface area contributed by atoms with Crippen molar-refractivity contribution in [3.63, 3.8) is 0 Å². The molecule has 1 fully saturated rings. The fraction of sp³-hybridized carbons (Fsp3) is 0.778. The zero-order chi connectivity index (χ0) is 9.14. The van der Waals surface area contributed by atoms with Crippen LogP contribution in [0, 0.1) is 5.92 Å². The Bertz CT molecular complexity index is 161. The Morgan fingerprint density at radius 3 is 3.18 bits per heavy atom. The van der Waals surface area contributed by atoms with E-state index in [1.54, 1.807) is 6.08 Å². The second-order valence-corrected chi connectivity index (χ2v) is 3.07. The third-order valence-corrected chi connectivity index (χ3v) is 2.07. The van der Waals surface area contributed by atoms with Gasteiger partial charge in [0.05, 0.1) is 13.6 Å². The van der Waals surface area contributed by atoms with Crippen LogP contribution in [0.5, 0.6) is 0 Å². The summed E-state index contributed by atoms with van der Waals surface area (Å²) in [6.07, 6.45) is 2.27. The summed E-state index contributed by atoms with van der Waals surface area (Å²) in [7, 11) is 0. The minimum absolute atomic E-state index is 0.175. The molecule has 1 rings (SSSR count). The lowest BCUT2D eigenvalue weighted by Gasteiger charge is -2.19. The second kappa shape index (κ2) is 3.88. The van der Waals surface area contributed by atoms with Crippen LogP contribution >= 0.6 is 0 Å². The standard InChI is InChI=1S/C9H16O2/c1-3-4-8(10)9-7(2)5-6-11-9/h3,7-10H,1,4-6H2,2H3/t7-,8-,9-/m0/s1/i6T/t6-,7+,8+,9+/m1. The first-order valence-corrected chi connectivity index (χ1v) is 4.01. The van der Waals surface area contributed by atoms with Crippen molar-refractivity contribution < 1.29 is 11.2 Å². The van der Waals surface area contributed by atoms with Gasteiger partial charge in [-0.25, -0.2) is 0 Å². The molecule has 0 aliphatic carbocycles. The van der Waals surface area contributed by atoms with E-state index < -0.39 is 12.7 Å². The van der Waals surface area contributed by atoms with Crippen LogP contribution < -0.4 is 0 Å². The zero-order valence-corrected chi connectivity index (χ0v) is 6.86. The molecule has 0 aromatic rings. The number of aliphatic hydroxyl groups is 1. The molecule has 0 radical (unpaired) electrons. The van der Waals surface area contributed by atoms with E-state index in [-0.39, 0.29) is 12.0 Å². The lowest BCUT2D eigenvalue weighted by Crippen LogP contribution is -2.29. The van der Waals surface area contributed by atoms with Gasteiger partial charge in [0.25, 0.3) is 0 Å². The van der Waals surface area contributed by atoms with E-state index in [9.17, 15) is 5.11 Å². The first kappa shape index (κ1) is 7.32. The quantitative estimate of drug-likeness (QED) is 0.628. The Labute approximate surface area is 69.3 Å². The van der Waals surface area contributed by atoms with Gasteiger partial charge in [-0.2, -0.15) is 0 Å². The molecule has 0 spiro atoms. The van der Waals surface area contributed by atoms with Crippen molar-refractivity contribution in [1.29, 1.82) is 0 Å². The average molecular weight is 158 g/mol. The van der Waals surface area contributed by atoms with E-state index in [0.29, 0.717) is 6.42 Å². The molecule has 4 atom stereocenters. The van der Waals surface area contributed by atoms with Crippen LogP contribution in [0.15, 0.2) is 12.7 Å². The monoisotopic (exact) mass is 158 g/mol. The van der Waals surface area contributed by atoms with Crippen molar-refractivity contribution in [3.05, 3.63) is 12.7 Å². The number of hydrogen-bond donors (Lipinski definition) is 1. The molecule has 0 aromatic carbocycles. The van der Waals surface area contributed by atoms with Crippen LogP contribution in [0.4, 0.5) is 0 Å². The molecule has 0 bridgehead atoms. The highest BCUT2D eigenvalue weighted by Gasteiger charge is 2.29. The SMILES string of the molecule is [3H][C@@H]1C[C@H](C)[C@@H]([C@@H](O)CC=C)O1. The fourth-order valence-corrected chi connectivity index (χ4v) is 1.36. The van der Waals surface area contributed by atoms with E-state index in [2.05, 4.69) is 6.58 Å². The van der Waals surface area contributed by atoms with E-state index in [0.717, 1.165) is 6.42 Å². The third kappa shape index (κ3) is 2.04. The molecule has 11 heavy (non-hydrogen) atoms. The molecule has 64 valence electrons. The normalized spacial score (nSPS) is 41.6. The molecule has 1 aliphatic rings. The lowest BCUT2D eigenvalue weighted by atomic mass is 9.98. The Hall–Kier alpha value is -0.340.